The van der Waals surface area contributed by atoms with Gasteiger partial charge in [0.05, 0.1) is 12.8 Å². The summed E-state index contributed by atoms with van der Waals surface area (Å²) in [5.74, 6) is 0.480. The largest absolute Gasteiger partial charge is 0.495 e. The number of hydrogen-bond donors (Lipinski definition) is 2. The molecule has 3 N–H and O–H groups in total. The number of benzene rings is 1. The van der Waals surface area contributed by atoms with Crippen molar-refractivity contribution in [2.24, 2.45) is 0 Å². The Hall–Kier alpha value is -1.75. The van der Waals surface area contributed by atoms with Crippen molar-refractivity contribution >= 4 is 11.6 Å². The first-order valence-corrected chi connectivity index (χ1v) is 6.03. The highest BCUT2D eigenvalue weighted by atomic mass is 16.5. The zero-order chi connectivity index (χ0) is 13.0. The number of nitrogens with two attached hydrogens (primary N) is 1. The average Bonchev–Trinajstić information content (AvgIpc) is 2.39. The van der Waals surface area contributed by atoms with Crippen LogP contribution in [0.4, 0.5) is 5.69 Å². The summed E-state index contributed by atoms with van der Waals surface area (Å²) in [4.78, 5) is 12.0. The first-order chi connectivity index (χ1) is 8.70. The van der Waals surface area contributed by atoms with Crippen molar-refractivity contribution in [1.82, 2.24) is 5.32 Å². The number of hydrogen-bond acceptors (Lipinski definition) is 4. The van der Waals surface area contributed by atoms with Crippen molar-refractivity contribution in [3.05, 3.63) is 23.8 Å². The number of amides is 1. The third-order valence-corrected chi connectivity index (χ3v) is 3.05. The van der Waals surface area contributed by atoms with E-state index >= 15 is 0 Å². The van der Waals surface area contributed by atoms with Gasteiger partial charge in [-0.05, 0) is 31.0 Å². The molecule has 5 heteroatoms. The van der Waals surface area contributed by atoms with Crippen LogP contribution in [0.3, 0.4) is 0 Å². The zero-order valence-electron chi connectivity index (χ0n) is 10.4. The molecule has 1 aliphatic rings. The van der Waals surface area contributed by atoms with E-state index in [9.17, 15) is 4.79 Å². The van der Waals surface area contributed by atoms with Gasteiger partial charge in [0.1, 0.15) is 5.75 Å². The van der Waals surface area contributed by atoms with Crippen molar-refractivity contribution in [3.8, 4) is 5.75 Å². The minimum Gasteiger partial charge on any atom is -0.495 e. The van der Waals surface area contributed by atoms with E-state index in [4.69, 9.17) is 15.2 Å². The molecule has 2 rings (SSSR count). The maximum atomic E-state index is 12.0. The minimum atomic E-state index is -0.101. The summed E-state index contributed by atoms with van der Waals surface area (Å²) in [7, 11) is 1.55. The lowest BCUT2D eigenvalue weighted by atomic mass is 10.1. The molecule has 0 aromatic heterocycles. The number of nitrogen functional groups attached to an aromatic ring is 1. The highest BCUT2D eigenvalue weighted by molar-refractivity contribution is 5.95. The summed E-state index contributed by atoms with van der Waals surface area (Å²) >= 11 is 0. The van der Waals surface area contributed by atoms with E-state index in [1.54, 1.807) is 25.3 Å². The third kappa shape index (κ3) is 2.92. The summed E-state index contributed by atoms with van der Waals surface area (Å²) < 4.78 is 10.3. The van der Waals surface area contributed by atoms with Crippen molar-refractivity contribution in [1.29, 1.82) is 0 Å². The smallest absolute Gasteiger partial charge is 0.251 e. The van der Waals surface area contributed by atoms with Crippen LogP contribution < -0.4 is 15.8 Å². The fraction of sp³-hybridized carbons (Fsp3) is 0.462. The van der Waals surface area contributed by atoms with Gasteiger partial charge in [0, 0.05) is 24.8 Å². The first-order valence-electron chi connectivity index (χ1n) is 6.03. The van der Waals surface area contributed by atoms with Gasteiger partial charge in [0.25, 0.3) is 5.91 Å². The van der Waals surface area contributed by atoms with Gasteiger partial charge in [0.2, 0.25) is 0 Å². The van der Waals surface area contributed by atoms with Crippen LogP contribution in [-0.4, -0.2) is 32.3 Å². The Bertz CT molecular complexity index is 428. The predicted molar refractivity (Wildman–Crippen MR) is 68.7 cm³/mol. The van der Waals surface area contributed by atoms with Crippen molar-refractivity contribution in [3.63, 3.8) is 0 Å². The molecule has 1 amide bonds. The van der Waals surface area contributed by atoms with Crippen LogP contribution in [0.15, 0.2) is 18.2 Å². The first kappa shape index (κ1) is 12.7. The van der Waals surface area contributed by atoms with Gasteiger partial charge in [-0.15, -0.1) is 0 Å². The lowest BCUT2D eigenvalue weighted by Crippen LogP contribution is -2.38. The molecule has 1 fully saturated rings. The second kappa shape index (κ2) is 5.73. The molecule has 1 heterocycles. The van der Waals surface area contributed by atoms with Crippen molar-refractivity contribution in [2.75, 3.05) is 26.1 Å². The van der Waals surface area contributed by atoms with Gasteiger partial charge >= 0.3 is 0 Å². The SMILES string of the molecule is COc1ccc(C(=O)NC2CCOCC2)cc1N. The topological polar surface area (TPSA) is 73.6 Å². The van der Waals surface area contributed by atoms with Gasteiger partial charge < -0.3 is 20.5 Å². The molecular weight excluding hydrogens is 232 g/mol. The molecule has 0 saturated carbocycles. The molecule has 1 aromatic rings. The van der Waals surface area contributed by atoms with E-state index in [0.717, 1.165) is 12.8 Å². The summed E-state index contributed by atoms with van der Waals surface area (Å²) in [5.41, 5.74) is 6.80. The monoisotopic (exact) mass is 250 g/mol. The van der Waals surface area contributed by atoms with Crippen LogP contribution in [0.1, 0.15) is 23.2 Å². The molecule has 18 heavy (non-hydrogen) atoms. The Morgan fingerprint density at radius 3 is 2.78 bits per heavy atom. The Labute approximate surface area is 106 Å². The fourth-order valence-corrected chi connectivity index (χ4v) is 1.99. The standard InChI is InChI=1S/C13H18N2O3/c1-17-12-3-2-9(8-11(12)14)13(16)15-10-4-6-18-7-5-10/h2-3,8,10H,4-7,14H2,1H3,(H,15,16). The minimum absolute atomic E-state index is 0.101. The van der Waals surface area contributed by atoms with E-state index in [-0.39, 0.29) is 11.9 Å². The fourth-order valence-electron chi connectivity index (χ4n) is 1.99. The second-order valence-corrected chi connectivity index (χ2v) is 4.32. The summed E-state index contributed by atoms with van der Waals surface area (Å²) in [6.07, 6.45) is 1.72. The zero-order valence-corrected chi connectivity index (χ0v) is 10.4. The molecule has 0 atom stereocenters. The molecule has 5 nitrogen and oxygen atoms in total. The summed E-state index contributed by atoms with van der Waals surface area (Å²) in [5, 5.41) is 2.98. The number of methoxy groups -OCH3 is 1. The Morgan fingerprint density at radius 1 is 1.44 bits per heavy atom. The van der Waals surface area contributed by atoms with E-state index in [1.165, 1.54) is 0 Å². The summed E-state index contributed by atoms with van der Waals surface area (Å²) in [6.45, 7) is 1.41. The molecule has 1 aliphatic heterocycles. The number of carbonyl (C=O) groups is 1. The van der Waals surface area contributed by atoms with Crippen molar-refractivity contribution in [2.45, 2.75) is 18.9 Å². The van der Waals surface area contributed by atoms with E-state index in [0.29, 0.717) is 30.2 Å². The quantitative estimate of drug-likeness (QED) is 0.790. The molecule has 1 saturated heterocycles. The van der Waals surface area contributed by atoms with Gasteiger partial charge in [-0.3, -0.25) is 4.79 Å². The second-order valence-electron chi connectivity index (χ2n) is 4.32. The van der Waals surface area contributed by atoms with Gasteiger partial charge in [-0.1, -0.05) is 0 Å². The van der Waals surface area contributed by atoms with E-state index in [2.05, 4.69) is 5.32 Å². The van der Waals surface area contributed by atoms with Crippen LogP contribution in [0.5, 0.6) is 5.75 Å². The molecule has 0 radical (unpaired) electrons. The number of carbonyl (C=O) groups excluding carboxylic acids is 1. The molecule has 1 aromatic carbocycles. The maximum Gasteiger partial charge on any atom is 0.251 e. The lowest BCUT2D eigenvalue weighted by molar-refractivity contribution is 0.0696. The Morgan fingerprint density at radius 2 is 2.17 bits per heavy atom. The molecular formula is C13H18N2O3. The Balaban J connectivity index is 2.01. The number of rotatable bonds is 3. The molecule has 0 bridgehead atoms. The van der Waals surface area contributed by atoms with E-state index in [1.807, 2.05) is 0 Å². The van der Waals surface area contributed by atoms with E-state index < -0.39 is 0 Å². The van der Waals surface area contributed by atoms with Crippen LogP contribution in [0.2, 0.25) is 0 Å². The molecule has 98 valence electrons. The number of ether oxygens (including phenoxy) is 2. The van der Waals surface area contributed by atoms with Crippen LogP contribution in [-0.2, 0) is 4.74 Å². The van der Waals surface area contributed by atoms with Gasteiger partial charge in [-0.25, -0.2) is 0 Å². The molecule has 0 aliphatic carbocycles. The van der Waals surface area contributed by atoms with Crippen LogP contribution in [0, 0.1) is 0 Å². The number of nitrogens with one attached hydrogen (secondary N) is 1. The predicted octanol–water partition coefficient (Wildman–Crippen LogP) is 1.19. The van der Waals surface area contributed by atoms with Crippen LogP contribution in [0.25, 0.3) is 0 Å². The number of anilines is 1. The van der Waals surface area contributed by atoms with Gasteiger partial charge in [0.15, 0.2) is 0 Å². The normalized spacial score (nSPS) is 16.3. The molecule has 0 unspecified atom stereocenters. The summed E-state index contributed by atoms with van der Waals surface area (Å²) in [6, 6.07) is 5.24. The van der Waals surface area contributed by atoms with Gasteiger partial charge in [-0.2, -0.15) is 0 Å². The lowest BCUT2D eigenvalue weighted by Gasteiger charge is -2.23. The van der Waals surface area contributed by atoms with Crippen LogP contribution >= 0.6 is 0 Å². The van der Waals surface area contributed by atoms with Crippen molar-refractivity contribution < 1.29 is 14.3 Å². The average molecular weight is 250 g/mol. The molecule has 0 spiro atoms. The highest BCUT2D eigenvalue weighted by Crippen LogP contribution is 2.22. The Kier molecular flexibility index (Phi) is 4.04. The third-order valence-electron chi connectivity index (χ3n) is 3.05. The highest BCUT2D eigenvalue weighted by Gasteiger charge is 2.17. The maximum absolute atomic E-state index is 12.0.